The van der Waals surface area contributed by atoms with E-state index in [0.29, 0.717) is 19.0 Å². The van der Waals surface area contributed by atoms with Gasteiger partial charge in [0, 0.05) is 24.0 Å². The molecule has 2 aliphatic heterocycles. The fraction of sp³-hybridized carbons (Fsp3) is 0.611. The first-order valence-electron chi connectivity index (χ1n) is 9.24. The van der Waals surface area contributed by atoms with Gasteiger partial charge in [-0.2, -0.15) is 10.1 Å². The SMILES string of the molecule is Cc1cc(C(=O)N2CCCC([C@@H]3C[C@H](C(F)F)n4ncnc4N3)C2)sc1C. The van der Waals surface area contributed by atoms with Gasteiger partial charge in [0.05, 0.1) is 4.88 Å². The Bertz CT molecular complexity index is 816. The topological polar surface area (TPSA) is 63.1 Å². The van der Waals surface area contributed by atoms with E-state index in [2.05, 4.69) is 15.4 Å². The molecule has 2 aromatic rings. The van der Waals surface area contributed by atoms with Crippen LogP contribution in [0.5, 0.6) is 0 Å². The molecule has 1 saturated heterocycles. The number of thiophene rings is 1. The van der Waals surface area contributed by atoms with E-state index in [1.807, 2.05) is 24.8 Å². The Balaban J connectivity index is 1.49. The number of fused-ring (bicyclic) bond motifs is 1. The highest BCUT2D eigenvalue weighted by Crippen LogP contribution is 2.35. The van der Waals surface area contributed by atoms with Gasteiger partial charge in [-0.3, -0.25) is 4.79 Å². The summed E-state index contributed by atoms with van der Waals surface area (Å²) < 4.78 is 28.3. The molecule has 1 unspecified atom stereocenters. The van der Waals surface area contributed by atoms with Crippen LogP contribution >= 0.6 is 11.3 Å². The van der Waals surface area contributed by atoms with Crippen LogP contribution in [0.1, 0.15) is 45.4 Å². The number of alkyl halides is 2. The fourth-order valence-corrected chi connectivity index (χ4v) is 5.06. The first-order chi connectivity index (χ1) is 12.9. The van der Waals surface area contributed by atoms with Gasteiger partial charge in [0.15, 0.2) is 0 Å². The molecule has 0 saturated carbocycles. The van der Waals surface area contributed by atoms with Crippen molar-refractivity contribution in [2.75, 3.05) is 18.4 Å². The van der Waals surface area contributed by atoms with Crippen molar-refractivity contribution in [1.29, 1.82) is 0 Å². The number of likely N-dealkylation sites (tertiary alicyclic amines) is 1. The second-order valence-electron chi connectivity index (χ2n) is 7.42. The number of anilines is 1. The molecular weight excluding hydrogens is 372 g/mol. The zero-order valence-electron chi connectivity index (χ0n) is 15.4. The lowest BCUT2D eigenvalue weighted by Crippen LogP contribution is -2.48. The summed E-state index contributed by atoms with van der Waals surface area (Å²) in [4.78, 5) is 20.8. The average molecular weight is 395 g/mol. The summed E-state index contributed by atoms with van der Waals surface area (Å²) in [5.41, 5.74) is 1.13. The molecule has 0 spiro atoms. The van der Waals surface area contributed by atoms with Crippen molar-refractivity contribution >= 4 is 23.2 Å². The first-order valence-corrected chi connectivity index (χ1v) is 10.1. The third kappa shape index (κ3) is 3.44. The molecule has 4 heterocycles. The Kier molecular flexibility index (Phi) is 4.88. The summed E-state index contributed by atoms with van der Waals surface area (Å²) in [5.74, 6) is 0.561. The Morgan fingerprint density at radius 1 is 1.41 bits per heavy atom. The van der Waals surface area contributed by atoms with Crippen molar-refractivity contribution in [2.45, 2.75) is 51.6 Å². The third-order valence-electron chi connectivity index (χ3n) is 5.68. The van der Waals surface area contributed by atoms with E-state index in [-0.39, 0.29) is 24.3 Å². The van der Waals surface area contributed by atoms with E-state index in [1.54, 1.807) is 0 Å². The maximum absolute atomic E-state index is 13.5. The van der Waals surface area contributed by atoms with Gasteiger partial charge >= 0.3 is 0 Å². The zero-order valence-corrected chi connectivity index (χ0v) is 16.2. The lowest BCUT2D eigenvalue weighted by Gasteiger charge is -2.40. The number of aryl methyl sites for hydroxylation is 2. The van der Waals surface area contributed by atoms with Crippen LogP contribution in [0.3, 0.4) is 0 Å². The molecule has 146 valence electrons. The number of hydrogen-bond acceptors (Lipinski definition) is 5. The highest BCUT2D eigenvalue weighted by Gasteiger charge is 2.39. The van der Waals surface area contributed by atoms with Gasteiger partial charge in [-0.25, -0.2) is 13.5 Å². The normalized spacial score (nSPS) is 25.4. The second kappa shape index (κ2) is 7.18. The van der Waals surface area contributed by atoms with E-state index in [1.165, 1.54) is 22.3 Å². The predicted molar refractivity (Wildman–Crippen MR) is 99.5 cm³/mol. The van der Waals surface area contributed by atoms with Crippen molar-refractivity contribution in [3.8, 4) is 0 Å². The van der Waals surface area contributed by atoms with Crippen molar-refractivity contribution in [2.24, 2.45) is 5.92 Å². The summed E-state index contributed by atoms with van der Waals surface area (Å²) in [7, 11) is 0. The van der Waals surface area contributed by atoms with Gasteiger partial charge in [-0.1, -0.05) is 0 Å². The van der Waals surface area contributed by atoms with Crippen LogP contribution < -0.4 is 5.32 Å². The van der Waals surface area contributed by atoms with E-state index in [0.717, 1.165) is 28.2 Å². The van der Waals surface area contributed by atoms with E-state index < -0.39 is 12.5 Å². The monoisotopic (exact) mass is 395 g/mol. The number of piperidine rings is 1. The Morgan fingerprint density at radius 3 is 2.93 bits per heavy atom. The minimum absolute atomic E-state index is 0.0466. The maximum atomic E-state index is 13.5. The maximum Gasteiger partial charge on any atom is 0.263 e. The molecule has 4 rings (SSSR count). The second-order valence-corrected chi connectivity index (χ2v) is 8.68. The van der Waals surface area contributed by atoms with E-state index in [9.17, 15) is 13.6 Å². The van der Waals surface area contributed by atoms with Gasteiger partial charge in [-0.05, 0) is 50.7 Å². The lowest BCUT2D eigenvalue weighted by molar-refractivity contribution is 0.0506. The highest BCUT2D eigenvalue weighted by atomic mass is 32.1. The van der Waals surface area contributed by atoms with Gasteiger partial charge < -0.3 is 10.2 Å². The van der Waals surface area contributed by atoms with Crippen LogP contribution in [0.4, 0.5) is 14.7 Å². The van der Waals surface area contributed by atoms with E-state index in [4.69, 9.17) is 0 Å². The Labute approximate surface area is 160 Å². The van der Waals surface area contributed by atoms with Crippen LogP contribution in [-0.2, 0) is 0 Å². The number of nitrogens with zero attached hydrogens (tertiary/aromatic N) is 4. The molecule has 1 fully saturated rings. The molecule has 0 aliphatic carbocycles. The highest BCUT2D eigenvalue weighted by molar-refractivity contribution is 7.14. The number of carbonyl (C=O) groups excluding carboxylic acids is 1. The third-order valence-corrected chi connectivity index (χ3v) is 6.82. The van der Waals surface area contributed by atoms with Crippen molar-refractivity contribution in [3.63, 3.8) is 0 Å². The van der Waals surface area contributed by atoms with Crippen LogP contribution in [-0.4, -0.2) is 51.1 Å². The molecule has 1 amide bonds. The van der Waals surface area contributed by atoms with Crippen LogP contribution in [0.2, 0.25) is 0 Å². The molecule has 0 radical (unpaired) electrons. The number of carbonyl (C=O) groups is 1. The van der Waals surface area contributed by atoms with Crippen molar-refractivity contribution < 1.29 is 13.6 Å². The van der Waals surface area contributed by atoms with Gasteiger partial charge in [0.2, 0.25) is 5.95 Å². The smallest absolute Gasteiger partial charge is 0.263 e. The van der Waals surface area contributed by atoms with Crippen molar-refractivity contribution in [3.05, 3.63) is 27.7 Å². The number of halogens is 2. The van der Waals surface area contributed by atoms with Crippen LogP contribution in [0.15, 0.2) is 12.4 Å². The Morgan fingerprint density at radius 2 is 2.22 bits per heavy atom. The van der Waals surface area contributed by atoms with Gasteiger partial charge in [-0.15, -0.1) is 11.3 Å². The molecule has 3 atom stereocenters. The first kappa shape index (κ1) is 18.3. The molecule has 6 nitrogen and oxygen atoms in total. The summed E-state index contributed by atoms with van der Waals surface area (Å²) in [6.45, 7) is 5.32. The summed E-state index contributed by atoms with van der Waals surface area (Å²) in [6, 6.07) is 0.839. The summed E-state index contributed by atoms with van der Waals surface area (Å²) in [5, 5.41) is 7.20. The molecule has 0 aromatic carbocycles. The zero-order chi connectivity index (χ0) is 19.1. The molecule has 0 bridgehead atoms. The molecule has 9 heteroatoms. The molecule has 1 N–H and O–H groups in total. The lowest BCUT2D eigenvalue weighted by atomic mass is 9.86. The largest absolute Gasteiger partial charge is 0.351 e. The quantitative estimate of drug-likeness (QED) is 0.864. The average Bonchev–Trinajstić information content (AvgIpc) is 3.26. The minimum Gasteiger partial charge on any atom is -0.351 e. The number of nitrogens with one attached hydrogen (secondary N) is 1. The Hall–Kier alpha value is -2.03. The molecular formula is C18H23F2N5OS. The summed E-state index contributed by atoms with van der Waals surface area (Å²) in [6.07, 6.45) is 0.891. The standard InChI is InChI=1S/C18H23F2N5OS/c1-10-6-15(27-11(10)2)17(26)24-5-3-4-12(8-24)13-7-14(16(19)20)25-18(23-13)21-9-22-25/h6,9,12-14,16H,3-5,7-8H2,1-2H3,(H,21,22,23)/t12?,13-,14+/m0/s1. The molecule has 2 aromatic heterocycles. The fourth-order valence-electron chi connectivity index (χ4n) is 4.06. The van der Waals surface area contributed by atoms with Crippen molar-refractivity contribution in [1.82, 2.24) is 19.7 Å². The number of hydrogen-bond donors (Lipinski definition) is 1. The van der Waals surface area contributed by atoms with Crippen LogP contribution in [0, 0.1) is 19.8 Å². The van der Waals surface area contributed by atoms with Gasteiger partial charge in [0.1, 0.15) is 12.4 Å². The number of aromatic nitrogens is 3. The number of rotatable bonds is 3. The van der Waals surface area contributed by atoms with Gasteiger partial charge in [0.25, 0.3) is 12.3 Å². The minimum atomic E-state index is -2.49. The summed E-state index contributed by atoms with van der Waals surface area (Å²) >= 11 is 1.52. The van der Waals surface area contributed by atoms with Crippen LogP contribution in [0.25, 0.3) is 0 Å². The predicted octanol–water partition coefficient (Wildman–Crippen LogP) is 3.50. The number of amides is 1. The van der Waals surface area contributed by atoms with E-state index >= 15 is 0 Å². The molecule has 2 aliphatic rings. The molecule has 27 heavy (non-hydrogen) atoms.